The van der Waals surface area contributed by atoms with Crippen molar-refractivity contribution in [2.75, 3.05) is 13.7 Å². The summed E-state index contributed by atoms with van der Waals surface area (Å²) in [4.78, 5) is 1.38. The molecule has 96 valence electrons. The first-order valence-electron chi connectivity index (χ1n) is 5.94. The molecule has 0 saturated carbocycles. The Morgan fingerprint density at radius 3 is 2.94 bits per heavy atom. The van der Waals surface area contributed by atoms with E-state index in [0.29, 0.717) is 12.1 Å². The third-order valence-electron chi connectivity index (χ3n) is 3.16. The Hall–Kier alpha value is 0.580. The lowest BCUT2D eigenvalue weighted by Gasteiger charge is -2.16. The smallest absolute Gasteiger partial charge is 0.0843 e. The molecule has 0 aromatic carbocycles. The summed E-state index contributed by atoms with van der Waals surface area (Å²) < 4.78 is 7.99. The second kappa shape index (κ2) is 6.66. The normalized spacial score (nSPS) is 21.9. The third-order valence-corrected chi connectivity index (χ3v) is 6.53. The highest BCUT2D eigenvalue weighted by Crippen LogP contribution is 2.37. The zero-order chi connectivity index (χ0) is 12.3. The van der Waals surface area contributed by atoms with Crippen molar-refractivity contribution in [1.82, 2.24) is 5.32 Å². The summed E-state index contributed by atoms with van der Waals surface area (Å²) in [7, 11) is 2.03. The van der Waals surface area contributed by atoms with Gasteiger partial charge < -0.3 is 10.1 Å². The largest absolute Gasteiger partial charge is 0.378 e. The molecule has 0 bridgehead atoms. The molecule has 2 heterocycles. The van der Waals surface area contributed by atoms with Crippen LogP contribution in [0.25, 0.3) is 0 Å². The van der Waals surface area contributed by atoms with Gasteiger partial charge in [0.05, 0.1) is 9.89 Å². The Bertz CT molecular complexity index is 344. The van der Waals surface area contributed by atoms with Gasteiger partial charge >= 0.3 is 0 Å². The lowest BCUT2D eigenvalue weighted by atomic mass is 10.1. The zero-order valence-electron chi connectivity index (χ0n) is 9.84. The molecule has 1 aromatic rings. The summed E-state index contributed by atoms with van der Waals surface area (Å²) in [5.74, 6) is 0. The molecule has 1 saturated heterocycles. The van der Waals surface area contributed by atoms with E-state index in [1.165, 1.54) is 21.5 Å². The van der Waals surface area contributed by atoms with Gasteiger partial charge in [-0.1, -0.05) is 0 Å². The summed E-state index contributed by atoms with van der Waals surface area (Å²) in [6, 6.07) is 2.64. The standard InChI is InChI=1S/C12H17Br2NOS/c1-15-10(5-4-8-3-2-6-16-8)11-7-9(13)12(14)17-11/h7-8,10,15H,2-6H2,1H3. The Morgan fingerprint density at radius 2 is 2.41 bits per heavy atom. The Kier molecular flexibility index (Phi) is 5.49. The maximum atomic E-state index is 5.67. The van der Waals surface area contributed by atoms with Crippen molar-refractivity contribution in [2.24, 2.45) is 0 Å². The fourth-order valence-corrected chi connectivity index (χ4v) is 4.42. The number of hydrogen-bond acceptors (Lipinski definition) is 3. The number of hydrogen-bond donors (Lipinski definition) is 1. The van der Waals surface area contributed by atoms with Crippen molar-refractivity contribution in [1.29, 1.82) is 0 Å². The highest BCUT2D eigenvalue weighted by molar-refractivity contribution is 9.13. The number of nitrogens with one attached hydrogen (secondary N) is 1. The Balaban J connectivity index is 1.91. The molecule has 0 radical (unpaired) electrons. The fraction of sp³-hybridized carbons (Fsp3) is 0.667. The molecule has 0 spiro atoms. The molecule has 0 aliphatic carbocycles. The van der Waals surface area contributed by atoms with E-state index in [1.807, 2.05) is 7.05 Å². The van der Waals surface area contributed by atoms with Crippen LogP contribution in [0.2, 0.25) is 0 Å². The maximum absolute atomic E-state index is 5.67. The van der Waals surface area contributed by atoms with Crippen molar-refractivity contribution in [3.8, 4) is 0 Å². The molecule has 1 aromatic heterocycles. The van der Waals surface area contributed by atoms with Crippen LogP contribution in [0.3, 0.4) is 0 Å². The lowest BCUT2D eigenvalue weighted by Crippen LogP contribution is -2.17. The van der Waals surface area contributed by atoms with E-state index in [2.05, 4.69) is 43.2 Å². The van der Waals surface area contributed by atoms with E-state index >= 15 is 0 Å². The quantitative estimate of drug-likeness (QED) is 0.809. The SMILES string of the molecule is CNC(CCC1CCCO1)c1cc(Br)c(Br)s1. The fourth-order valence-electron chi connectivity index (χ4n) is 2.19. The second-order valence-electron chi connectivity index (χ2n) is 4.32. The van der Waals surface area contributed by atoms with E-state index in [-0.39, 0.29) is 0 Å². The van der Waals surface area contributed by atoms with Gasteiger partial charge in [0.2, 0.25) is 0 Å². The molecular formula is C12H17Br2NOS. The topological polar surface area (TPSA) is 21.3 Å². The van der Waals surface area contributed by atoms with Crippen LogP contribution in [0.4, 0.5) is 0 Å². The van der Waals surface area contributed by atoms with Crippen LogP contribution in [0, 0.1) is 0 Å². The highest BCUT2D eigenvalue weighted by atomic mass is 79.9. The van der Waals surface area contributed by atoms with Gasteiger partial charge in [-0.15, -0.1) is 11.3 Å². The molecule has 5 heteroatoms. The van der Waals surface area contributed by atoms with Gasteiger partial charge in [0.1, 0.15) is 0 Å². The van der Waals surface area contributed by atoms with Crippen molar-refractivity contribution in [3.05, 3.63) is 19.2 Å². The average molecular weight is 383 g/mol. The van der Waals surface area contributed by atoms with E-state index in [9.17, 15) is 0 Å². The lowest BCUT2D eigenvalue weighted by molar-refractivity contribution is 0.0999. The number of rotatable bonds is 5. The Labute approximate surface area is 123 Å². The van der Waals surface area contributed by atoms with E-state index in [4.69, 9.17) is 4.74 Å². The molecule has 1 aliphatic rings. The van der Waals surface area contributed by atoms with Crippen LogP contribution in [0.5, 0.6) is 0 Å². The van der Waals surface area contributed by atoms with Crippen LogP contribution >= 0.6 is 43.2 Å². The van der Waals surface area contributed by atoms with Crippen LogP contribution < -0.4 is 5.32 Å². The van der Waals surface area contributed by atoms with Crippen LogP contribution in [-0.2, 0) is 4.74 Å². The molecule has 1 fully saturated rings. The third kappa shape index (κ3) is 3.77. The summed E-state index contributed by atoms with van der Waals surface area (Å²) in [5.41, 5.74) is 0. The summed E-state index contributed by atoms with van der Waals surface area (Å²) >= 11 is 8.89. The van der Waals surface area contributed by atoms with Crippen molar-refractivity contribution in [3.63, 3.8) is 0 Å². The van der Waals surface area contributed by atoms with Gasteiger partial charge in [-0.3, -0.25) is 0 Å². The molecule has 1 aliphatic heterocycles. The van der Waals surface area contributed by atoms with Gasteiger partial charge in [0.25, 0.3) is 0 Å². The number of halogens is 2. The van der Waals surface area contributed by atoms with Crippen LogP contribution in [0.15, 0.2) is 14.3 Å². The highest BCUT2D eigenvalue weighted by Gasteiger charge is 2.19. The zero-order valence-corrected chi connectivity index (χ0v) is 13.8. The van der Waals surface area contributed by atoms with Gasteiger partial charge in [-0.05, 0) is 70.7 Å². The monoisotopic (exact) mass is 381 g/mol. The number of thiophene rings is 1. The van der Waals surface area contributed by atoms with Gasteiger partial charge in [-0.25, -0.2) is 0 Å². The first kappa shape index (κ1) is 14.0. The van der Waals surface area contributed by atoms with Crippen molar-refractivity contribution >= 4 is 43.2 Å². The molecular weight excluding hydrogens is 366 g/mol. The van der Waals surface area contributed by atoms with Gasteiger partial charge in [0, 0.05) is 22.0 Å². The molecule has 0 amide bonds. The predicted molar refractivity (Wildman–Crippen MR) is 79.7 cm³/mol. The average Bonchev–Trinajstić information content (AvgIpc) is 2.91. The van der Waals surface area contributed by atoms with Crippen LogP contribution in [0.1, 0.15) is 36.6 Å². The van der Waals surface area contributed by atoms with Crippen molar-refractivity contribution in [2.45, 2.75) is 37.8 Å². The molecule has 1 N–H and O–H groups in total. The minimum Gasteiger partial charge on any atom is -0.378 e. The molecule has 2 nitrogen and oxygen atoms in total. The second-order valence-corrected chi connectivity index (χ2v) is 7.58. The first-order valence-corrected chi connectivity index (χ1v) is 8.34. The summed E-state index contributed by atoms with van der Waals surface area (Å²) in [5, 5.41) is 3.40. The predicted octanol–water partition coefficient (Wildman–Crippen LogP) is 4.49. The molecule has 17 heavy (non-hydrogen) atoms. The minimum absolute atomic E-state index is 0.437. The molecule has 2 unspecified atom stereocenters. The van der Waals surface area contributed by atoms with Gasteiger partial charge in [0.15, 0.2) is 0 Å². The Morgan fingerprint density at radius 1 is 1.59 bits per heavy atom. The van der Waals surface area contributed by atoms with Gasteiger partial charge in [-0.2, -0.15) is 0 Å². The first-order chi connectivity index (χ1) is 8.20. The summed E-state index contributed by atoms with van der Waals surface area (Å²) in [6.07, 6.45) is 5.23. The number of ether oxygens (including phenoxy) is 1. The molecule has 2 rings (SSSR count). The van der Waals surface area contributed by atoms with Crippen LogP contribution in [-0.4, -0.2) is 19.8 Å². The minimum atomic E-state index is 0.437. The van der Waals surface area contributed by atoms with E-state index in [0.717, 1.165) is 23.9 Å². The molecule has 2 atom stereocenters. The van der Waals surface area contributed by atoms with Crippen molar-refractivity contribution < 1.29 is 4.74 Å². The van der Waals surface area contributed by atoms with E-state index < -0.39 is 0 Å². The maximum Gasteiger partial charge on any atom is 0.0843 e. The van der Waals surface area contributed by atoms with E-state index in [1.54, 1.807) is 11.3 Å². The summed E-state index contributed by atoms with van der Waals surface area (Å²) in [6.45, 7) is 0.949.